The topological polar surface area (TPSA) is 12.0 Å². The molecular weight excluding hydrogens is 202 g/mol. The number of halogens is 1. The lowest BCUT2D eigenvalue weighted by Gasteiger charge is -2.08. The molecule has 0 radical (unpaired) electrons. The van der Waals surface area contributed by atoms with Gasteiger partial charge in [0.05, 0.1) is 0 Å². The van der Waals surface area contributed by atoms with Gasteiger partial charge in [-0.2, -0.15) is 0 Å². The highest BCUT2D eigenvalue weighted by atomic mass is 35.5. The minimum atomic E-state index is 0. The van der Waals surface area contributed by atoms with Gasteiger partial charge in [-0.15, -0.1) is 23.7 Å². The molecule has 1 rings (SSSR count). The maximum Gasteiger partial charge on any atom is 0.00739 e. The zero-order valence-electron chi connectivity index (χ0n) is 8.25. The Morgan fingerprint density at radius 1 is 1.54 bits per heavy atom. The van der Waals surface area contributed by atoms with Crippen molar-refractivity contribution in [2.24, 2.45) is 0 Å². The van der Waals surface area contributed by atoms with Crippen molar-refractivity contribution < 1.29 is 0 Å². The summed E-state index contributed by atoms with van der Waals surface area (Å²) in [5.41, 5.74) is 0. The average Bonchev–Trinajstić information content (AvgIpc) is 2.56. The van der Waals surface area contributed by atoms with Crippen LogP contribution in [-0.4, -0.2) is 13.1 Å². The van der Waals surface area contributed by atoms with Crippen LogP contribution in [0.3, 0.4) is 0 Å². The van der Waals surface area contributed by atoms with E-state index in [1.54, 1.807) is 0 Å². The van der Waals surface area contributed by atoms with Crippen LogP contribution in [0, 0.1) is 0 Å². The van der Waals surface area contributed by atoms with Crippen molar-refractivity contribution in [2.45, 2.75) is 26.2 Å². The van der Waals surface area contributed by atoms with E-state index < -0.39 is 0 Å². The van der Waals surface area contributed by atoms with Crippen molar-refractivity contribution in [1.29, 1.82) is 0 Å². The van der Waals surface area contributed by atoms with E-state index in [4.69, 9.17) is 0 Å². The molecule has 0 aromatic carbocycles. The summed E-state index contributed by atoms with van der Waals surface area (Å²) in [5.74, 6) is 0.712. The van der Waals surface area contributed by atoms with Gasteiger partial charge in [0.15, 0.2) is 0 Å². The Labute approximate surface area is 91.0 Å². The third-order valence-corrected chi connectivity index (χ3v) is 3.14. The Kier molecular flexibility index (Phi) is 7.33. The van der Waals surface area contributed by atoms with Crippen molar-refractivity contribution in [1.82, 2.24) is 5.32 Å². The van der Waals surface area contributed by atoms with Crippen LogP contribution in [-0.2, 0) is 0 Å². The fraction of sp³-hybridized carbons (Fsp3) is 0.600. The van der Waals surface area contributed by atoms with Crippen LogP contribution in [0.4, 0.5) is 0 Å². The van der Waals surface area contributed by atoms with Crippen LogP contribution in [0.25, 0.3) is 0 Å². The highest BCUT2D eigenvalue weighted by Crippen LogP contribution is 2.22. The SMILES string of the molecule is CCNCCC(C)c1cccs1.Cl. The van der Waals surface area contributed by atoms with Crippen LogP contribution >= 0.6 is 23.7 Å². The Bertz CT molecular complexity index is 199. The molecule has 0 aliphatic rings. The van der Waals surface area contributed by atoms with E-state index in [0.717, 1.165) is 13.1 Å². The summed E-state index contributed by atoms with van der Waals surface area (Å²) in [6.45, 7) is 6.66. The van der Waals surface area contributed by atoms with Gasteiger partial charge in [-0.25, -0.2) is 0 Å². The summed E-state index contributed by atoms with van der Waals surface area (Å²) in [6.07, 6.45) is 1.24. The maximum atomic E-state index is 3.35. The third kappa shape index (κ3) is 4.65. The lowest BCUT2D eigenvalue weighted by molar-refractivity contribution is 0.614. The summed E-state index contributed by atoms with van der Waals surface area (Å²) in [5, 5.41) is 5.50. The van der Waals surface area contributed by atoms with Crippen molar-refractivity contribution in [3.63, 3.8) is 0 Å². The van der Waals surface area contributed by atoms with E-state index in [1.807, 2.05) is 11.3 Å². The predicted molar refractivity (Wildman–Crippen MR) is 63.1 cm³/mol. The van der Waals surface area contributed by atoms with Crippen LogP contribution in [0.2, 0.25) is 0 Å². The molecule has 1 aromatic heterocycles. The quantitative estimate of drug-likeness (QED) is 0.750. The third-order valence-electron chi connectivity index (χ3n) is 2.03. The molecule has 1 heterocycles. The zero-order chi connectivity index (χ0) is 8.81. The van der Waals surface area contributed by atoms with Crippen LogP contribution < -0.4 is 5.32 Å². The minimum absolute atomic E-state index is 0. The molecule has 3 heteroatoms. The minimum Gasteiger partial charge on any atom is -0.317 e. The van der Waals surface area contributed by atoms with E-state index in [1.165, 1.54) is 11.3 Å². The molecule has 13 heavy (non-hydrogen) atoms. The van der Waals surface area contributed by atoms with Gasteiger partial charge in [0.25, 0.3) is 0 Å². The molecule has 76 valence electrons. The molecule has 1 unspecified atom stereocenters. The van der Waals surface area contributed by atoms with Crippen LogP contribution in [0.1, 0.15) is 31.1 Å². The lowest BCUT2D eigenvalue weighted by atomic mass is 10.1. The Morgan fingerprint density at radius 2 is 2.31 bits per heavy atom. The maximum absolute atomic E-state index is 3.35. The second-order valence-corrected chi connectivity index (χ2v) is 4.04. The van der Waals surface area contributed by atoms with Crippen molar-refractivity contribution in [3.05, 3.63) is 22.4 Å². The van der Waals surface area contributed by atoms with E-state index in [-0.39, 0.29) is 12.4 Å². The number of hydrogen-bond acceptors (Lipinski definition) is 2. The zero-order valence-corrected chi connectivity index (χ0v) is 9.88. The summed E-state index contributed by atoms with van der Waals surface area (Å²) in [7, 11) is 0. The van der Waals surface area contributed by atoms with Gasteiger partial charge >= 0.3 is 0 Å². The molecule has 0 saturated carbocycles. The van der Waals surface area contributed by atoms with Crippen molar-refractivity contribution >= 4 is 23.7 Å². The van der Waals surface area contributed by atoms with Gasteiger partial charge in [0.2, 0.25) is 0 Å². The molecule has 1 N–H and O–H groups in total. The average molecular weight is 220 g/mol. The van der Waals surface area contributed by atoms with E-state index in [2.05, 4.69) is 36.7 Å². The van der Waals surface area contributed by atoms with Crippen LogP contribution in [0.5, 0.6) is 0 Å². The summed E-state index contributed by atoms with van der Waals surface area (Å²) in [4.78, 5) is 1.51. The number of thiophene rings is 1. The first-order valence-corrected chi connectivity index (χ1v) is 5.46. The second-order valence-electron chi connectivity index (χ2n) is 3.06. The number of nitrogens with one attached hydrogen (secondary N) is 1. The Balaban J connectivity index is 0.00000144. The highest BCUT2D eigenvalue weighted by Gasteiger charge is 2.04. The second kappa shape index (κ2) is 7.36. The molecular formula is C10H18ClNS. The number of rotatable bonds is 5. The van der Waals surface area contributed by atoms with Gasteiger partial charge < -0.3 is 5.32 Å². The summed E-state index contributed by atoms with van der Waals surface area (Å²) >= 11 is 1.86. The van der Waals surface area contributed by atoms with Gasteiger partial charge in [-0.3, -0.25) is 0 Å². The van der Waals surface area contributed by atoms with Gasteiger partial charge in [-0.1, -0.05) is 19.9 Å². The lowest BCUT2D eigenvalue weighted by Crippen LogP contribution is -2.15. The predicted octanol–water partition coefficient (Wildman–Crippen LogP) is 3.27. The monoisotopic (exact) mass is 219 g/mol. The number of hydrogen-bond donors (Lipinski definition) is 1. The first-order chi connectivity index (χ1) is 5.84. The molecule has 0 saturated heterocycles. The molecule has 0 amide bonds. The molecule has 0 fully saturated rings. The Hall–Kier alpha value is -0.0500. The molecule has 1 atom stereocenters. The van der Waals surface area contributed by atoms with Crippen molar-refractivity contribution in [2.75, 3.05) is 13.1 Å². The largest absolute Gasteiger partial charge is 0.317 e. The fourth-order valence-electron chi connectivity index (χ4n) is 1.21. The summed E-state index contributed by atoms with van der Waals surface area (Å²) < 4.78 is 0. The van der Waals surface area contributed by atoms with E-state index >= 15 is 0 Å². The molecule has 0 aliphatic carbocycles. The fourth-order valence-corrected chi connectivity index (χ4v) is 2.03. The first kappa shape index (κ1) is 12.9. The standard InChI is InChI=1S/C10H17NS.ClH/c1-3-11-7-6-9(2)10-5-4-8-12-10;/h4-5,8-9,11H,3,6-7H2,1-2H3;1H. The molecule has 0 spiro atoms. The van der Waals surface area contributed by atoms with E-state index in [9.17, 15) is 0 Å². The van der Waals surface area contributed by atoms with Gasteiger partial charge in [-0.05, 0) is 36.9 Å². The molecule has 1 aromatic rings. The molecule has 0 aliphatic heterocycles. The Morgan fingerprint density at radius 3 is 2.85 bits per heavy atom. The van der Waals surface area contributed by atoms with Crippen molar-refractivity contribution in [3.8, 4) is 0 Å². The van der Waals surface area contributed by atoms with Crippen LogP contribution in [0.15, 0.2) is 17.5 Å². The first-order valence-electron chi connectivity index (χ1n) is 4.58. The van der Waals surface area contributed by atoms with E-state index in [0.29, 0.717) is 5.92 Å². The highest BCUT2D eigenvalue weighted by molar-refractivity contribution is 7.10. The smallest absolute Gasteiger partial charge is 0.00739 e. The summed E-state index contributed by atoms with van der Waals surface area (Å²) in [6, 6.07) is 4.35. The van der Waals surface area contributed by atoms with Gasteiger partial charge in [0.1, 0.15) is 0 Å². The molecule has 0 bridgehead atoms. The van der Waals surface area contributed by atoms with Gasteiger partial charge in [0, 0.05) is 4.88 Å². The molecule has 1 nitrogen and oxygen atoms in total. The normalized spacial score (nSPS) is 12.2.